The van der Waals surface area contributed by atoms with Crippen LogP contribution >= 0.6 is 11.3 Å². The van der Waals surface area contributed by atoms with Crippen molar-refractivity contribution in [2.45, 2.75) is 40.3 Å². The molecule has 0 fully saturated rings. The van der Waals surface area contributed by atoms with E-state index in [1.807, 2.05) is 75.2 Å². The van der Waals surface area contributed by atoms with E-state index < -0.39 is 0 Å². The molecular formula is C28H35N7O3S. The van der Waals surface area contributed by atoms with Gasteiger partial charge in [-0.15, -0.1) is 11.3 Å². The number of rotatable bonds is 9. The summed E-state index contributed by atoms with van der Waals surface area (Å²) in [6, 6.07) is 16.8. The summed E-state index contributed by atoms with van der Waals surface area (Å²) in [6.07, 6.45) is 3.20. The fourth-order valence-electron chi connectivity index (χ4n) is 3.52. The lowest BCUT2D eigenvalue weighted by Crippen LogP contribution is -2.32. The van der Waals surface area contributed by atoms with Gasteiger partial charge in [0.05, 0.1) is 17.1 Å². The fourth-order valence-corrected chi connectivity index (χ4v) is 4.65. The number of amides is 2. The maximum absolute atomic E-state index is 12.6. The first-order valence-corrected chi connectivity index (χ1v) is 13.3. The van der Waals surface area contributed by atoms with E-state index in [1.165, 1.54) is 24.3 Å². The molecule has 0 spiro atoms. The summed E-state index contributed by atoms with van der Waals surface area (Å²) >= 11 is 1.28. The number of aromatic nitrogens is 2. The van der Waals surface area contributed by atoms with Crippen LogP contribution in [0.5, 0.6) is 0 Å². The van der Waals surface area contributed by atoms with Gasteiger partial charge in [-0.25, -0.2) is 4.98 Å². The van der Waals surface area contributed by atoms with Gasteiger partial charge in [0.15, 0.2) is 0 Å². The maximum atomic E-state index is 12.6. The number of carbonyl (C=O) groups is 2. The molecule has 3 rings (SSSR count). The molecule has 1 atom stereocenters. The molecule has 10 nitrogen and oxygen atoms in total. The first kappa shape index (κ1) is 30.8. The zero-order valence-electron chi connectivity index (χ0n) is 22.9. The summed E-state index contributed by atoms with van der Waals surface area (Å²) in [5.74, 6) is 0.876. The van der Waals surface area contributed by atoms with E-state index in [9.17, 15) is 14.4 Å². The van der Waals surface area contributed by atoms with Crippen molar-refractivity contribution >= 4 is 52.6 Å². The maximum Gasteiger partial charge on any atom is 0.268 e. The quantitative estimate of drug-likeness (QED) is 0.373. The van der Waals surface area contributed by atoms with Crippen LogP contribution in [0.25, 0.3) is 12.2 Å². The van der Waals surface area contributed by atoms with E-state index >= 15 is 0 Å². The summed E-state index contributed by atoms with van der Waals surface area (Å²) in [4.78, 5) is 41.3. The smallest absolute Gasteiger partial charge is 0.268 e. The molecule has 2 heterocycles. The van der Waals surface area contributed by atoms with Crippen molar-refractivity contribution in [3.63, 3.8) is 0 Å². The average Bonchev–Trinajstić information content (AvgIpc) is 3.18. The lowest BCUT2D eigenvalue weighted by Gasteiger charge is -2.18. The molecule has 0 radical (unpaired) electrons. The van der Waals surface area contributed by atoms with E-state index in [0.29, 0.717) is 27.4 Å². The van der Waals surface area contributed by atoms with Gasteiger partial charge in [0, 0.05) is 44.9 Å². The van der Waals surface area contributed by atoms with Gasteiger partial charge in [0.25, 0.3) is 5.56 Å². The van der Waals surface area contributed by atoms with Crippen molar-refractivity contribution in [2.24, 2.45) is 0 Å². The Bertz CT molecular complexity index is 1460. The Kier molecular flexibility index (Phi) is 12.4. The highest BCUT2D eigenvalue weighted by atomic mass is 32.1. The predicted molar refractivity (Wildman–Crippen MR) is 158 cm³/mol. The van der Waals surface area contributed by atoms with E-state index in [1.54, 1.807) is 22.8 Å². The minimum atomic E-state index is -0.195. The molecule has 3 N–H and O–H groups in total. The number of benzene rings is 1. The Morgan fingerprint density at radius 2 is 1.85 bits per heavy atom. The molecule has 0 aliphatic carbocycles. The van der Waals surface area contributed by atoms with Crippen LogP contribution in [0, 0.1) is 11.3 Å². The number of thiazole rings is 1. The number of anilines is 3. The highest BCUT2D eigenvalue weighted by molar-refractivity contribution is 7.07. The number of nitrogens with one attached hydrogen (secondary N) is 3. The third-order valence-corrected chi connectivity index (χ3v) is 6.32. The molecule has 2 aromatic heterocycles. The van der Waals surface area contributed by atoms with Gasteiger partial charge in [-0.1, -0.05) is 24.3 Å². The van der Waals surface area contributed by atoms with Crippen LogP contribution in [-0.4, -0.2) is 47.5 Å². The molecule has 206 valence electrons. The summed E-state index contributed by atoms with van der Waals surface area (Å²) in [7, 11) is 1.86. The predicted octanol–water partition coefficient (Wildman–Crippen LogP) is 2.13. The van der Waals surface area contributed by atoms with Gasteiger partial charge in [0.1, 0.15) is 16.3 Å². The first-order valence-electron chi connectivity index (χ1n) is 12.5. The molecule has 11 heteroatoms. The third kappa shape index (κ3) is 10.1. The second kappa shape index (κ2) is 15.7. The van der Waals surface area contributed by atoms with Gasteiger partial charge < -0.3 is 20.9 Å². The standard InChI is InChI=1S/C24H26N6O2S.C4H9NO/c1-4-30-23(13-14-25)33-19(24(30)32)15-17(2)26-20-11-8-12-21(27-20)28-22(31)16-29(3)18-9-6-5-7-10-18;1-3-5-4(2)6/h5-13,15,17H,4,16H2,1-3H3,(H2,26,27,28,31);3H2,1-2H3,(H,5,6)/b19-15?,23-13+;. The van der Waals surface area contributed by atoms with Crippen LogP contribution < -0.4 is 35.6 Å². The minimum absolute atomic E-state index is 0.0394. The van der Waals surface area contributed by atoms with Crippen molar-refractivity contribution in [3.8, 4) is 6.07 Å². The van der Waals surface area contributed by atoms with Crippen LogP contribution in [0.4, 0.5) is 17.3 Å². The van der Waals surface area contributed by atoms with Crippen LogP contribution in [0.3, 0.4) is 0 Å². The summed E-state index contributed by atoms with van der Waals surface area (Å²) in [6.45, 7) is 8.60. The van der Waals surface area contributed by atoms with Crippen LogP contribution in [0.15, 0.2) is 53.3 Å². The molecule has 1 unspecified atom stereocenters. The zero-order chi connectivity index (χ0) is 28.8. The van der Waals surface area contributed by atoms with E-state index in [2.05, 4.69) is 20.9 Å². The fraction of sp³-hybridized carbons (Fsp3) is 0.321. The van der Waals surface area contributed by atoms with Crippen molar-refractivity contribution in [1.82, 2.24) is 14.9 Å². The normalized spacial score (nSPS) is 12.0. The topological polar surface area (TPSA) is 132 Å². The molecule has 0 bridgehead atoms. The van der Waals surface area contributed by atoms with Gasteiger partial charge in [-0.2, -0.15) is 5.26 Å². The lowest BCUT2D eigenvalue weighted by atomic mass is 10.3. The van der Waals surface area contributed by atoms with Gasteiger partial charge >= 0.3 is 0 Å². The Balaban J connectivity index is 0.000000798. The van der Waals surface area contributed by atoms with Crippen LogP contribution in [0.1, 0.15) is 27.7 Å². The summed E-state index contributed by atoms with van der Waals surface area (Å²) in [5.41, 5.74) is 0.834. The Morgan fingerprint density at radius 1 is 1.15 bits per heavy atom. The number of likely N-dealkylation sites (N-methyl/N-ethyl adjacent to an activating group) is 1. The number of hydrogen-bond donors (Lipinski definition) is 3. The molecule has 0 aliphatic rings. The molecule has 3 aromatic rings. The second-order valence-electron chi connectivity index (χ2n) is 8.46. The molecule has 1 aromatic carbocycles. The molecular weight excluding hydrogens is 514 g/mol. The zero-order valence-corrected chi connectivity index (χ0v) is 23.7. The summed E-state index contributed by atoms with van der Waals surface area (Å²) < 4.78 is 2.77. The Labute approximate surface area is 232 Å². The Morgan fingerprint density at radius 3 is 2.44 bits per heavy atom. The first-order chi connectivity index (χ1) is 18.7. The highest BCUT2D eigenvalue weighted by Gasteiger charge is 2.10. The Hall–Kier alpha value is -4.43. The highest BCUT2D eigenvalue weighted by Crippen LogP contribution is 2.13. The van der Waals surface area contributed by atoms with Crippen molar-refractivity contribution < 1.29 is 9.59 Å². The third-order valence-electron chi connectivity index (χ3n) is 5.24. The second-order valence-corrected chi connectivity index (χ2v) is 9.52. The van der Waals surface area contributed by atoms with Crippen LogP contribution in [0.2, 0.25) is 0 Å². The lowest BCUT2D eigenvalue weighted by molar-refractivity contribution is -0.119. The van der Waals surface area contributed by atoms with Crippen molar-refractivity contribution in [1.29, 1.82) is 5.26 Å². The number of nitriles is 1. The molecule has 0 saturated heterocycles. The van der Waals surface area contributed by atoms with E-state index in [-0.39, 0.29) is 30.0 Å². The molecule has 39 heavy (non-hydrogen) atoms. The van der Waals surface area contributed by atoms with E-state index in [4.69, 9.17) is 5.26 Å². The molecule has 2 amide bonds. The average molecular weight is 550 g/mol. The van der Waals surface area contributed by atoms with Gasteiger partial charge in [-0.3, -0.25) is 19.0 Å². The van der Waals surface area contributed by atoms with Gasteiger partial charge in [-0.05, 0) is 51.1 Å². The molecule has 0 saturated carbocycles. The van der Waals surface area contributed by atoms with Crippen molar-refractivity contribution in [3.05, 3.63) is 68.1 Å². The van der Waals surface area contributed by atoms with Crippen LogP contribution in [-0.2, 0) is 16.1 Å². The SMILES string of the molecule is CCNC(C)=O.CCn1c(=O)c(=CC(C)Nc2cccc(NC(=O)CN(C)c3ccccc3)n2)s/c1=C/C#N. The monoisotopic (exact) mass is 549 g/mol. The number of pyridine rings is 1. The number of nitrogens with zero attached hydrogens (tertiary/aromatic N) is 4. The van der Waals surface area contributed by atoms with Gasteiger partial charge in [0.2, 0.25) is 11.8 Å². The van der Waals surface area contributed by atoms with Crippen molar-refractivity contribution in [2.75, 3.05) is 35.7 Å². The largest absolute Gasteiger partial charge is 0.365 e. The number of carbonyl (C=O) groups excluding carboxylic acids is 2. The number of para-hydroxylation sites is 1. The van der Waals surface area contributed by atoms with E-state index in [0.717, 1.165) is 12.2 Å². The number of hydrogen-bond acceptors (Lipinski definition) is 8. The minimum Gasteiger partial charge on any atom is -0.365 e. The summed E-state index contributed by atoms with van der Waals surface area (Å²) in [5, 5.41) is 17.6. The molecule has 0 aliphatic heterocycles.